The van der Waals surface area contributed by atoms with Gasteiger partial charge in [0.25, 0.3) is 5.91 Å². The van der Waals surface area contributed by atoms with Crippen molar-refractivity contribution in [2.24, 2.45) is 0 Å². The van der Waals surface area contributed by atoms with Crippen LogP contribution in [-0.4, -0.2) is 31.9 Å². The number of hydrogen-bond acceptors (Lipinski definition) is 5. The number of nitrogens with one attached hydrogen (secondary N) is 1. The monoisotopic (exact) mass is 312 g/mol. The Balaban J connectivity index is 2.30. The van der Waals surface area contributed by atoms with Crippen molar-refractivity contribution >= 4 is 40.9 Å². The number of rotatable bonds is 3. The maximum Gasteiger partial charge on any atom is 0.358 e. The molecule has 0 aliphatic heterocycles. The Hall–Kier alpha value is -2.25. The van der Waals surface area contributed by atoms with Gasteiger partial charge in [-0.2, -0.15) is 0 Å². The average molecular weight is 313 g/mol. The van der Waals surface area contributed by atoms with E-state index in [4.69, 9.17) is 28.3 Å². The summed E-state index contributed by atoms with van der Waals surface area (Å²) in [6.45, 7) is 0. The number of carboxylic acid groups (broad SMARTS) is 1. The first-order chi connectivity index (χ1) is 9.49. The van der Waals surface area contributed by atoms with Crippen LogP contribution in [0, 0.1) is 0 Å². The van der Waals surface area contributed by atoms with E-state index in [2.05, 4.69) is 20.3 Å². The van der Waals surface area contributed by atoms with Gasteiger partial charge in [0.15, 0.2) is 11.5 Å². The van der Waals surface area contributed by atoms with Crippen LogP contribution >= 0.6 is 23.2 Å². The first-order valence-electron chi connectivity index (χ1n) is 5.16. The van der Waals surface area contributed by atoms with Crippen LogP contribution in [0.3, 0.4) is 0 Å². The maximum atomic E-state index is 12.0. The largest absolute Gasteiger partial charge is 0.476 e. The molecule has 0 aliphatic rings. The average Bonchev–Trinajstić information content (AvgIpc) is 2.38. The molecular formula is C11H6Cl2N4O3. The minimum atomic E-state index is -1.31. The molecule has 0 spiro atoms. The van der Waals surface area contributed by atoms with Crippen molar-refractivity contribution in [3.63, 3.8) is 0 Å². The van der Waals surface area contributed by atoms with Gasteiger partial charge in [-0.05, 0) is 12.1 Å². The van der Waals surface area contributed by atoms with E-state index in [9.17, 15) is 9.59 Å². The van der Waals surface area contributed by atoms with Crippen LogP contribution in [0.2, 0.25) is 10.3 Å². The van der Waals surface area contributed by atoms with Crippen LogP contribution in [0.5, 0.6) is 0 Å². The number of aromatic carboxylic acids is 1. The standard InChI is InChI=1S/C11H6Cl2N4O3/c12-6-2-1-5(8(13)16-6)10(18)17-9-7(11(19)20)14-3-4-15-9/h1-4H,(H,19,20)(H,15,17,18). The van der Waals surface area contributed by atoms with Gasteiger partial charge in [0, 0.05) is 12.4 Å². The second kappa shape index (κ2) is 5.81. The zero-order valence-corrected chi connectivity index (χ0v) is 11.2. The molecule has 0 saturated carbocycles. The van der Waals surface area contributed by atoms with E-state index in [1.165, 1.54) is 24.5 Å². The Morgan fingerprint density at radius 1 is 1.15 bits per heavy atom. The highest BCUT2D eigenvalue weighted by molar-refractivity contribution is 6.35. The van der Waals surface area contributed by atoms with Crippen LogP contribution in [-0.2, 0) is 0 Å². The smallest absolute Gasteiger partial charge is 0.358 e. The maximum absolute atomic E-state index is 12.0. The van der Waals surface area contributed by atoms with Crippen molar-refractivity contribution in [1.82, 2.24) is 15.0 Å². The number of amides is 1. The molecule has 0 atom stereocenters. The predicted molar refractivity (Wildman–Crippen MR) is 71.2 cm³/mol. The van der Waals surface area contributed by atoms with Crippen LogP contribution in [0.4, 0.5) is 5.82 Å². The molecule has 2 aromatic rings. The summed E-state index contributed by atoms with van der Waals surface area (Å²) < 4.78 is 0. The third-order valence-electron chi connectivity index (χ3n) is 2.19. The second-order valence-corrected chi connectivity index (χ2v) is 4.23. The summed E-state index contributed by atoms with van der Waals surface area (Å²) >= 11 is 11.4. The van der Waals surface area contributed by atoms with Crippen LogP contribution in [0.15, 0.2) is 24.5 Å². The highest BCUT2D eigenvalue weighted by Crippen LogP contribution is 2.18. The number of pyridine rings is 1. The third kappa shape index (κ3) is 3.01. The molecule has 2 aromatic heterocycles. The molecule has 2 heterocycles. The molecule has 0 fully saturated rings. The topological polar surface area (TPSA) is 105 Å². The number of carbonyl (C=O) groups excluding carboxylic acids is 1. The van der Waals surface area contributed by atoms with Crippen LogP contribution < -0.4 is 5.32 Å². The van der Waals surface area contributed by atoms with Crippen molar-refractivity contribution in [2.75, 3.05) is 5.32 Å². The number of hydrogen-bond donors (Lipinski definition) is 2. The van der Waals surface area contributed by atoms with Gasteiger partial charge >= 0.3 is 5.97 Å². The molecule has 0 radical (unpaired) electrons. The molecule has 0 bridgehead atoms. The van der Waals surface area contributed by atoms with E-state index in [1.807, 2.05) is 0 Å². The van der Waals surface area contributed by atoms with Gasteiger partial charge in [0.1, 0.15) is 10.3 Å². The molecule has 7 nitrogen and oxygen atoms in total. The highest BCUT2D eigenvalue weighted by atomic mass is 35.5. The summed E-state index contributed by atoms with van der Waals surface area (Å²) in [5.74, 6) is -2.16. The molecule has 2 N–H and O–H groups in total. The predicted octanol–water partition coefficient (Wildman–Crippen LogP) is 2.13. The molecule has 0 saturated heterocycles. The molecule has 9 heteroatoms. The first-order valence-corrected chi connectivity index (χ1v) is 5.92. The quantitative estimate of drug-likeness (QED) is 0.841. The third-order valence-corrected chi connectivity index (χ3v) is 2.69. The molecular weight excluding hydrogens is 307 g/mol. The van der Waals surface area contributed by atoms with Gasteiger partial charge in [-0.1, -0.05) is 23.2 Å². The normalized spacial score (nSPS) is 10.1. The summed E-state index contributed by atoms with van der Waals surface area (Å²) in [4.78, 5) is 34.0. The van der Waals surface area contributed by atoms with Crippen molar-refractivity contribution in [2.45, 2.75) is 0 Å². The Labute approximate surface area is 122 Å². The highest BCUT2D eigenvalue weighted by Gasteiger charge is 2.18. The first kappa shape index (κ1) is 14.2. The van der Waals surface area contributed by atoms with Gasteiger partial charge in [0.05, 0.1) is 5.56 Å². The summed E-state index contributed by atoms with van der Waals surface area (Å²) in [6, 6.07) is 2.75. The number of halogens is 2. The zero-order valence-electron chi connectivity index (χ0n) is 9.67. The minimum absolute atomic E-state index is 0.0399. The lowest BCUT2D eigenvalue weighted by Crippen LogP contribution is -2.17. The van der Waals surface area contributed by atoms with Crippen LogP contribution in [0.1, 0.15) is 20.8 Å². The van der Waals surface area contributed by atoms with Gasteiger partial charge in [-0.25, -0.2) is 19.7 Å². The molecule has 20 heavy (non-hydrogen) atoms. The molecule has 102 valence electrons. The SMILES string of the molecule is O=C(Nc1nccnc1C(=O)O)c1ccc(Cl)nc1Cl. The fourth-order valence-corrected chi connectivity index (χ4v) is 1.77. The molecule has 0 unspecified atom stereocenters. The van der Waals surface area contributed by atoms with Gasteiger partial charge < -0.3 is 10.4 Å². The zero-order chi connectivity index (χ0) is 14.7. The van der Waals surface area contributed by atoms with Crippen LogP contribution in [0.25, 0.3) is 0 Å². The van der Waals surface area contributed by atoms with Crippen molar-refractivity contribution in [3.05, 3.63) is 46.1 Å². The molecule has 0 aliphatic carbocycles. The lowest BCUT2D eigenvalue weighted by atomic mass is 10.2. The van der Waals surface area contributed by atoms with E-state index < -0.39 is 11.9 Å². The van der Waals surface area contributed by atoms with Gasteiger partial charge in [-0.3, -0.25) is 4.79 Å². The Bertz CT molecular complexity index is 693. The van der Waals surface area contributed by atoms with E-state index in [0.717, 1.165) is 0 Å². The molecule has 0 aromatic carbocycles. The Morgan fingerprint density at radius 3 is 2.50 bits per heavy atom. The van der Waals surface area contributed by atoms with E-state index in [-0.39, 0.29) is 27.4 Å². The van der Waals surface area contributed by atoms with E-state index >= 15 is 0 Å². The van der Waals surface area contributed by atoms with E-state index in [1.54, 1.807) is 0 Å². The van der Waals surface area contributed by atoms with E-state index in [0.29, 0.717) is 0 Å². The number of carbonyl (C=O) groups is 2. The fourth-order valence-electron chi connectivity index (χ4n) is 1.34. The van der Waals surface area contributed by atoms with Gasteiger partial charge in [-0.15, -0.1) is 0 Å². The lowest BCUT2D eigenvalue weighted by molar-refractivity contribution is 0.0691. The Kier molecular flexibility index (Phi) is 4.11. The molecule has 1 amide bonds. The lowest BCUT2D eigenvalue weighted by Gasteiger charge is -2.07. The number of carboxylic acids is 1. The summed E-state index contributed by atoms with van der Waals surface area (Å²) in [6.07, 6.45) is 2.46. The molecule has 2 rings (SSSR count). The van der Waals surface area contributed by atoms with Gasteiger partial charge in [0.2, 0.25) is 0 Å². The summed E-state index contributed by atoms with van der Waals surface area (Å²) in [5.41, 5.74) is -0.336. The fraction of sp³-hybridized carbons (Fsp3) is 0. The summed E-state index contributed by atoms with van der Waals surface area (Å²) in [5, 5.41) is 11.3. The number of nitrogens with zero attached hydrogens (tertiary/aromatic N) is 3. The number of anilines is 1. The van der Waals surface area contributed by atoms with Crippen molar-refractivity contribution < 1.29 is 14.7 Å². The minimum Gasteiger partial charge on any atom is -0.476 e. The Morgan fingerprint density at radius 2 is 1.85 bits per heavy atom. The second-order valence-electron chi connectivity index (χ2n) is 3.49. The van der Waals surface area contributed by atoms with Crippen molar-refractivity contribution in [3.8, 4) is 0 Å². The number of aromatic nitrogens is 3. The summed E-state index contributed by atoms with van der Waals surface area (Å²) in [7, 11) is 0. The van der Waals surface area contributed by atoms with Crippen molar-refractivity contribution in [1.29, 1.82) is 0 Å².